The molecule has 4 rings (SSSR count). The zero-order valence-corrected chi connectivity index (χ0v) is 15.6. The number of benzene rings is 2. The maximum atomic E-state index is 12.2. The molecule has 2 N–H and O–H groups in total. The molecule has 0 fully saturated rings. The first kappa shape index (κ1) is 16.9. The van der Waals surface area contributed by atoms with Gasteiger partial charge in [0.05, 0.1) is 5.75 Å². The number of hydrogen-bond acceptors (Lipinski definition) is 7. The van der Waals surface area contributed by atoms with Crippen LogP contribution in [0.4, 0.5) is 10.8 Å². The predicted octanol–water partition coefficient (Wildman–Crippen LogP) is 4.60. The van der Waals surface area contributed by atoms with Crippen molar-refractivity contribution in [3.63, 3.8) is 0 Å². The number of hydrogen-bond donors (Lipinski definition) is 2. The van der Waals surface area contributed by atoms with Gasteiger partial charge in [0, 0.05) is 23.0 Å². The van der Waals surface area contributed by atoms with E-state index in [1.54, 1.807) is 0 Å². The quantitative estimate of drug-likeness (QED) is 0.473. The maximum absolute atomic E-state index is 12.2. The Labute approximate surface area is 158 Å². The van der Waals surface area contributed by atoms with E-state index in [1.807, 2.05) is 49.4 Å². The minimum Gasteiger partial charge on any atom is -0.456 e. The number of carbonyl (C=O) groups is 1. The van der Waals surface area contributed by atoms with E-state index < -0.39 is 0 Å². The van der Waals surface area contributed by atoms with Crippen molar-refractivity contribution in [2.75, 3.05) is 22.9 Å². The van der Waals surface area contributed by atoms with Gasteiger partial charge in [0.25, 0.3) is 0 Å². The van der Waals surface area contributed by atoms with E-state index in [9.17, 15) is 4.79 Å². The molecule has 0 radical (unpaired) electrons. The Morgan fingerprint density at radius 3 is 2.88 bits per heavy atom. The second kappa shape index (κ2) is 7.35. The summed E-state index contributed by atoms with van der Waals surface area (Å²) >= 11 is 2.82. The molecule has 0 unspecified atom stereocenters. The standard InChI is InChI=1S/C18H16N4O2S2/c1-2-19-17-21-22-18(26-17)25-10-16(23)20-11-7-8-15-13(9-11)12-5-3-4-6-14(12)24-15/h3-9H,2,10H2,1H3,(H,19,21)(H,20,23). The lowest BCUT2D eigenvalue weighted by molar-refractivity contribution is -0.113. The van der Waals surface area contributed by atoms with Crippen molar-refractivity contribution < 1.29 is 9.21 Å². The molecule has 0 aliphatic rings. The topological polar surface area (TPSA) is 80.0 Å². The Balaban J connectivity index is 1.44. The fourth-order valence-corrected chi connectivity index (χ4v) is 4.24. The summed E-state index contributed by atoms with van der Waals surface area (Å²) in [7, 11) is 0. The number of rotatable bonds is 6. The van der Waals surface area contributed by atoms with Gasteiger partial charge in [0.2, 0.25) is 11.0 Å². The van der Waals surface area contributed by atoms with Crippen molar-refractivity contribution >= 4 is 61.8 Å². The van der Waals surface area contributed by atoms with Crippen molar-refractivity contribution in [3.05, 3.63) is 42.5 Å². The number of carbonyl (C=O) groups excluding carboxylic acids is 1. The van der Waals surface area contributed by atoms with Crippen molar-refractivity contribution in [3.8, 4) is 0 Å². The first-order valence-electron chi connectivity index (χ1n) is 8.14. The summed E-state index contributed by atoms with van der Waals surface area (Å²) in [6, 6.07) is 13.5. The lowest BCUT2D eigenvalue weighted by atomic mass is 10.1. The van der Waals surface area contributed by atoms with Crippen LogP contribution in [0, 0.1) is 0 Å². The average molecular weight is 384 g/mol. The van der Waals surface area contributed by atoms with Crippen LogP contribution in [-0.2, 0) is 4.79 Å². The number of para-hydroxylation sites is 1. The fraction of sp³-hybridized carbons (Fsp3) is 0.167. The molecule has 0 aliphatic carbocycles. The number of anilines is 2. The molecule has 2 aromatic carbocycles. The third-order valence-electron chi connectivity index (χ3n) is 3.72. The van der Waals surface area contributed by atoms with Crippen LogP contribution in [0.2, 0.25) is 0 Å². The highest BCUT2D eigenvalue weighted by molar-refractivity contribution is 8.01. The molecule has 2 heterocycles. The Hall–Kier alpha value is -2.58. The van der Waals surface area contributed by atoms with Gasteiger partial charge >= 0.3 is 0 Å². The second-order valence-corrected chi connectivity index (χ2v) is 7.75. The average Bonchev–Trinajstić information content (AvgIpc) is 3.24. The third kappa shape index (κ3) is 3.51. The third-order valence-corrected chi connectivity index (χ3v) is 5.74. The van der Waals surface area contributed by atoms with E-state index in [-0.39, 0.29) is 11.7 Å². The van der Waals surface area contributed by atoms with Gasteiger partial charge in [-0.15, -0.1) is 10.2 Å². The van der Waals surface area contributed by atoms with Crippen molar-refractivity contribution in [1.82, 2.24) is 10.2 Å². The van der Waals surface area contributed by atoms with Crippen molar-refractivity contribution in [2.45, 2.75) is 11.3 Å². The number of nitrogens with one attached hydrogen (secondary N) is 2. The maximum Gasteiger partial charge on any atom is 0.234 e. The van der Waals surface area contributed by atoms with Crippen LogP contribution >= 0.6 is 23.1 Å². The SMILES string of the molecule is CCNc1nnc(SCC(=O)Nc2ccc3oc4ccccc4c3c2)s1. The van der Waals surface area contributed by atoms with Gasteiger partial charge in [-0.1, -0.05) is 41.3 Å². The summed E-state index contributed by atoms with van der Waals surface area (Å²) in [5.41, 5.74) is 2.40. The first-order chi connectivity index (χ1) is 12.7. The minimum atomic E-state index is -0.0812. The molecule has 0 saturated heterocycles. The van der Waals surface area contributed by atoms with Gasteiger partial charge in [0.15, 0.2) is 4.34 Å². The van der Waals surface area contributed by atoms with Gasteiger partial charge < -0.3 is 15.1 Å². The summed E-state index contributed by atoms with van der Waals surface area (Å²) in [6.45, 7) is 2.80. The molecular weight excluding hydrogens is 368 g/mol. The van der Waals surface area contributed by atoms with E-state index in [2.05, 4.69) is 20.8 Å². The van der Waals surface area contributed by atoms with Crippen LogP contribution in [-0.4, -0.2) is 28.4 Å². The first-order valence-corrected chi connectivity index (χ1v) is 9.94. The number of nitrogens with zero attached hydrogens (tertiary/aromatic N) is 2. The van der Waals surface area contributed by atoms with Gasteiger partial charge in [-0.2, -0.15) is 0 Å². The summed E-state index contributed by atoms with van der Waals surface area (Å²) in [5, 5.41) is 16.9. The molecule has 0 aliphatic heterocycles. The van der Waals surface area contributed by atoms with Crippen LogP contribution in [0.1, 0.15) is 6.92 Å². The van der Waals surface area contributed by atoms with Gasteiger partial charge in [0.1, 0.15) is 11.2 Å². The Morgan fingerprint density at radius 2 is 2.00 bits per heavy atom. The zero-order chi connectivity index (χ0) is 17.9. The van der Waals surface area contributed by atoms with Gasteiger partial charge in [-0.05, 0) is 31.2 Å². The highest BCUT2D eigenvalue weighted by Gasteiger charge is 2.10. The van der Waals surface area contributed by atoms with E-state index in [1.165, 1.54) is 23.1 Å². The zero-order valence-electron chi connectivity index (χ0n) is 14.0. The molecule has 4 aromatic rings. The Morgan fingerprint density at radius 1 is 1.15 bits per heavy atom. The van der Waals surface area contributed by atoms with E-state index in [0.29, 0.717) is 0 Å². The van der Waals surface area contributed by atoms with E-state index in [4.69, 9.17) is 4.42 Å². The molecule has 26 heavy (non-hydrogen) atoms. The molecule has 2 aromatic heterocycles. The lowest BCUT2D eigenvalue weighted by Crippen LogP contribution is -2.13. The van der Waals surface area contributed by atoms with Crippen LogP contribution in [0.25, 0.3) is 21.9 Å². The van der Waals surface area contributed by atoms with Crippen LogP contribution in [0.3, 0.4) is 0 Å². The van der Waals surface area contributed by atoms with Crippen molar-refractivity contribution in [2.24, 2.45) is 0 Å². The van der Waals surface area contributed by atoms with Gasteiger partial charge in [-0.3, -0.25) is 4.79 Å². The minimum absolute atomic E-state index is 0.0812. The summed E-state index contributed by atoms with van der Waals surface area (Å²) in [5.74, 6) is 0.202. The molecule has 0 spiro atoms. The monoisotopic (exact) mass is 384 g/mol. The molecule has 0 bridgehead atoms. The number of furan rings is 1. The molecule has 0 atom stereocenters. The lowest BCUT2D eigenvalue weighted by Gasteiger charge is -2.04. The summed E-state index contributed by atoms with van der Waals surface area (Å²) in [6.07, 6.45) is 0. The Bertz CT molecular complexity index is 1070. The van der Waals surface area contributed by atoms with Gasteiger partial charge in [-0.25, -0.2) is 0 Å². The fourth-order valence-electron chi connectivity index (χ4n) is 2.62. The van der Waals surface area contributed by atoms with Crippen LogP contribution in [0.15, 0.2) is 51.2 Å². The molecule has 1 amide bonds. The molecular formula is C18H16N4O2S2. The highest BCUT2D eigenvalue weighted by Crippen LogP contribution is 2.31. The molecule has 132 valence electrons. The Kier molecular flexibility index (Phi) is 4.77. The highest BCUT2D eigenvalue weighted by atomic mass is 32.2. The number of thioether (sulfide) groups is 1. The molecule has 6 nitrogen and oxygen atoms in total. The van der Waals surface area contributed by atoms with Crippen LogP contribution in [0.5, 0.6) is 0 Å². The summed E-state index contributed by atoms with van der Waals surface area (Å²) < 4.78 is 6.57. The second-order valence-electron chi connectivity index (χ2n) is 5.55. The molecule has 8 heteroatoms. The normalized spacial score (nSPS) is 11.1. The molecule has 0 saturated carbocycles. The van der Waals surface area contributed by atoms with E-state index in [0.717, 1.165) is 43.6 Å². The number of amides is 1. The number of fused-ring (bicyclic) bond motifs is 3. The predicted molar refractivity (Wildman–Crippen MR) is 107 cm³/mol. The largest absolute Gasteiger partial charge is 0.456 e. The van der Waals surface area contributed by atoms with E-state index >= 15 is 0 Å². The smallest absolute Gasteiger partial charge is 0.234 e. The van der Waals surface area contributed by atoms with Crippen LogP contribution < -0.4 is 10.6 Å². The number of aromatic nitrogens is 2. The summed E-state index contributed by atoms with van der Waals surface area (Å²) in [4.78, 5) is 12.2. The van der Waals surface area contributed by atoms with Crippen molar-refractivity contribution in [1.29, 1.82) is 0 Å².